The average Bonchev–Trinajstić information content (AvgIpc) is 3.07. The van der Waals surface area contributed by atoms with Gasteiger partial charge in [-0.05, 0) is 48.1 Å². The summed E-state index contributed by atoms with van der Waals surface area (Å²) in [6.45, 7) is 1.69. The maximum Gasteiger partial charge on any atom is 0.259 e. The van der Waals surface area contributed by atoms with Crippen LogP contribution in [0.3, 0.4) is 0 Å². The number of pyridine rings is 1. The van der Waals surface area contributed by atoms with Crippen LogP contribution in [0.4, 0.5) is 0 Å². The third kappa shape index (κ3) is 3.62. The summed E-state index contributed by atoms with van der Waals surface area (Å²) in [5.74, 6) is -0.488. The van der Waals surface area contributed by atoms with Crippen LogP contribution in [-0.2, 0) is 16.3 Å². The molecule has 0 radical (unpaired) electrons. The Hall–Kier alpha value is -3.17. The Morgan fingerprint density at radius 2 is 1.83 bits per heavy atom. The first-order chi connectivity index (χ1) is 13.9. The van der Waals surface area contributed by atoms with E-state index in [1.807, 2.05) is 6.07 Å². The standard InChI is InChI=1S/C20H16N4O3S2/c1-12-9-23-11-18(24-12)29(26,27)14-4-2-13(3-5-14)8-16-15-6-7-22-10-17(15)28-19(16)20(21)25/h2-7,9-11H,8H2,1H3,(H2,21,25). The molecule has 3 aromatic heterocycles. The number of carbonyl (C=O) groups is 1. The molecule has 9 heteroatoms. The van der Waals surface area contributed by atoms with Crippen LogP contribution in [0.15, 0.2) is 65.0 Å². The van der Waals surface area contributed by atoms with Crippen molar-refractivity contribution < 1.29 is 13.2 Å². The van der Waals surface area contributed by atoms with Crippen LogP contribution in [0, 0.1) is 6.92 Å². The molecule has 0 aliphatic rings. The molecule has 3 heterocycles. The average molecular weight is 425 g/mol. The Bertz CT molecular complexity index is 1330. The molecule has 2 N–H and O–H groups in total. The number of fused-ring (bicyclic) bond motifs is 1. The van der Waals surface area contributed by atoms with Crippen LogP contribution in [0.2, 0.25) is 0 Å². The second-order valence-electron chi connectivity index (χ2n) is 6.47. The van der Waals surface area contributed by atoms with Gasteiger partial charge in [0.05, 0.1) is 26.4 Å². The van der Waals surface area contributed by atoms with Crippen molar-refractivity contribution in [1.82, 2.24) is 15.0 Å². The molecule has 0 unspecified atom stereocenters. The van der Waals surface area contributed by atoms with Crippen LogP contribution < -0.4 is 5.73 Å². The fourth-order valence-electron chi connectivity index (χ4n) is 3.06. The smallest absolute Gasteiger partial charge is 0.259 e. The molecular weight excluding hydrogens is 408 g/mol. The number of amides is 1. The Morgan fingerprint density at radius 3 is 2.52 bits per heavy atom. The normalized spacial score (nSPS) is 11.6. The van der Waals surface area contributed by atoms with Crippen LogP contribution in [0.5, 0.6) is 0 Å². The van der Waals surface area contributed by atoms with Crippen LogP contribution in [0.25, 0.3) is 10.1 Å². The number of aromatic nitrogens is 3. The lowest BCUT2D eigenvalue weighted by Gasteiger charge is -2.07. The van der Waals surface area contributed by atoms with E-state index >= 15 is 0 Å². The Morgan fingerprint density at radius 1 is 1.07 bits per heavy atom. The molecule has 29 heavy (non-hydrogen) atoms. The number of nitrogens with two attached hydrogens (primary N) is 1. The number of sulfone groups is 1. The largest absolute Gasteiger partial charge is 0.365 e. The lowest BCUT2D eigenvalue weighted by Crippen LogP contribution is -2.11. The number of aryl methyl sites for hydroxylation is 1. The van der Waals surface area contributed by atoms with E-state index in [0.29, 0.717) is 17.0 Å². The first-order valence-corrected chi connectivity index (χ1v) is 10.9. The van der Waals surface area contributed by atoms with Gasteiger partial charge in [0.25, 0.3) is 5.91 Å². The van der Waals surface area contributed by atoms with Crippen molar-refractivity contribution in [1.29, 1.82) is 0 Å². The van der Waals surface area contributed by atoms with Gasteiger partial charge in [0, 0.05) is 18.6 Å². The van der Waals surface area contributed by atoms with E-state index in [1.54, 1.807) is 31.5 Å². The minimum absolute atomic E-state index is 0.0856. The van der Waals surface area contributed by atoms with Crippen LogP contribution in [-0.4, -0.2) is 29.3 Å². The molecule has 1 amide bonds. The number of primary amides is 1. The summed E-state index contributed by atoms with van der Waals surface area (Å²) in [4.78, 5) is 24.6. The van der Waals surface area contributed by atoms with Crippen molar-refractivity contribution >= 4 is 37.2 Å². The first-order valence-electron chi connectivity index (χ1n) is 8.64. The number of carbonyl (C=O) groups excluding carboxylic acids is 1. The second kappa shape index (κ2) is 7.34. The second-order valence-corrected chi connectivity index (χ2v) is 9.42. The zero-order valence-electron chi connectivity index (χ0n) is 15.4. The molecule has 0 bridgehead atoms. The highest BCUT2D eigenvalue weighted by Crippen LogP contribution is 2.32. The van der Waals surface area contributed by atoms with E-state index in [0.717, 1.165) is 21.2 Å². The topological polar surface area (TPSA) is 116 Å². The summed E-state index contributed by atoms with van der Waals surface area (Å²) in [6, 6.07) is 8.38. The van der Waals surface area contributed by atoms with Crippen molar-refractivity contribution in [2.24, 2.45) is 5.73 Å². The number of benzene rings is 1. The van der Waals surface area contributed by atoms with Gasteiger partial charge in [-0.1, -0.05) is 12.1 Å². The van der Waals surface area contributed by atoms with Gasteiger partial charge in [-0.3, -0.25) is 14.8 Å². The highest BCUT2D eigenvalue weighted by molar-refractivity contribution is 7.91. The van der Waals surface area contributed by atoms with E-state index in [-0.39, 0.29) is 9.92 Å². The zero-order chi connectivity index (χ0) is 20.6. The number of thiophene rings is 1. The fraction of sp³-hybridized carbons (Fsp3) is 0.100. The molecule has 0 saturated carbocycles. The SMILES string of the molecule is Cc1cncc(S(=O)(=O)c2ccc(Cc3c(C(N)=O)sc4cnccc34)cc2)n1. The molecule has 0 saturated heterocycles. The highest BCUT2D eigenvalue weighted by atomic mass is 32.2. The Labute approximate surface area is 171 Å². The monoisotopic (exact) mass is 424 g/mol. The molecule has 146 valence electrons. The molecule has 0 aliphatic heterocycles. The van der Waals surface area contributed by atoms with Crippen molar-refractivity contribution in [2.75, 3.05) is 0 Å². The Balaban J connectivity index is 1.69. The van der Waals surface area contributed by atoms with Gasteiger partial charge in [-0.2, -0.15) is 0 Å². The molecule has 0 spiro atoms. The summed E-state index contributed by atoms with van der Waals surface area (Å²) in [6.07, 6.45) is 6.56. The maximum atomic E-state index is 12.8. The van der Waals surface area contributed by atoms with Crippen molar-refractivity contribution in [3.05, 3.63) is 76.8 Å². The summed E-state index contributed by atoms with van der Waals surface area (Å²) >= 11 is 1.31. The molecule has 1 aromatic carbocycles. The third-order valence-electron chi connectivity index (χ3n) is 4.44. The quantitative estimate of drug-likeness (QED) is 0.527. The summed E-state index contributed by atoms with van der Waals surface area (Å²) in [5.41, 5.74) is 7.76. The first kappa shape index (κ1) is 19.2. The van der Waals surface area contributed by atoms with Crippen molar-refractivity contribution in [3.8, 4) is 0 Å². The predicted octanol–water partition coefficient (Wildman–Crippen LogP) is 2.92. The molecule has 0 aliphatic carbocycles. The van der Waals surface area contributed by atoms with Crippen LogP contribution >= 0.6 is 11.3 Å². The van der Waals surface area contributed by atoms with Gasteiger partial charge >= 0.3 is 0 Å². The predicted molar refractivity (Wildman–Crippen MR) is 110 cm³/mol. The summed E-state index contributed by atoms with van der Waals surface area (Å²) < 4.78 is 26.4. The van der Waals surface area contributed by atoms with Gasteiger partial charge in [0.15, 0.2) is 5.03 Å². The van der Waals surface area contributed by atoms with Gasteiger partial charge < -0.3 is 5.73 Å². The Kier molecular flexibility index (Phi) is 4.85. The molecule has 0 atom stereocenters. The zero-order valence-corrected chi connectivity index (χ0v) is 17.0. The number of rotatable bonds is 5. The van der Waals surface area contributed by atoms with E-state index in [1.165, 1.54) is 35.9 Å². The van der Waals surface area contributed by atoms with Gasteiger partial charge in [-0.15, -0.1) is 11.3 Å². The van der Waals surface area contributed by atoms with E-state index in [9.17, 15) is 13.2 Å². The number of hydrogen-bond acceptors (Lipinski definition) is 7. The van der Waals surface area contributed by atoms with Crippen molar-refractivity contribution in [3.63, 3.8) is 0 Å². The number of nitrogens with zero attached hydrogens (tertiary/aromatic N) is 3. The van der Waals surface area contributed by atoms with E-state index in [4.69, 9.17) is 5.73 Å². The minimum Gasteiger partial charge on any atom is -0.365 e. The maximum absolute atomic E-state index is 12.8. The lowest BCUT2D eigenvalue weighted by atomic mass is 10.0. The van der Waals surface area contributed by atoms with E-state index < -0.39 is 15.7 Å². The van der Waals surface area contributed by atoms with Gasteiger partial charge in [0.2, 0.25) is 9.84 Å². The summed E-state index contributed by atoms with van der Waals surface area (Å²) in [7, 11) is -3.75. The van der Waals surface area contributed by atoms with Gasteiger partial charge in [0.1, 0.15) is 0 Å². The molecule has 7 nitrogen and oxygen atoms in total. The molecular formula is C20H16N4O3S2. The summed E-state index contributed by atoms with van der Waals surface area (Å²) in [5, 5.41) is 0.836. The fourth-order valence-corrected chi connectivity index (χ4v) is 5.30. The lowest BCUT2D eigenvalue weighted by molar-refractivity contribution is 0.100. The van der Waals surface area contributed by atoms with Crippen molar-refractivity contribution in [2.45, 2.75) is 23.3 Å². The molecule has 4 rings (SSSR count). The van der Waals surface area contributed by atoms with E-state index in [2.05, 4.69) is 15.0 Å². The van der Waals surface area contributed by atoms with Crippen LogP contribution in [0.1, 0.15) is 26.5 Å². The molecule has 0 fully saturated rings. The van der Waals surface area contributed by atoms with Gasteiger partial charge in [-0.25, -0.2) is 13.4 Å². The third-order valence-corrected chi connectivity index (χ3v) is 7.28. The minimum atomic E-state index is -3.75. The molecule has 4 aromatic rings. The highest BCUT2D eigenvalue weighted by Gasteiger charge is 2.21. The number of hydrogen-bond donors (Lipinski definition) is 1.